The zero-order valence-corrected chi connectivity index (χ0v) is 15.5. The van der Waals surface area contributed by atoms with Gasteiger partial charge in [-0.25, -0.2) is 0 Å². The topological polar surface area (TPSA) is 94.2 Å². The molecule has 8 nitrogen and oxygen atoms in total. The minimum atomic E-state index is -0.986. The summed E-state index contributed by atoms with van der Waals surface area (Å²) in [7, 11) is 1.60. The van der Waals surface area contributed by atoms with E-state index in [1.54, 1.807) is 43.4 Å². The van der Waals surface area contributed by atoms with Crippen LogP contribution in [-0.2, 0) is 14.3 Å². The van der Waals surface area contributed by atoms with Crippen LogP contribution in [0.2, 0.25) is 0 Å². The third-order valence-corrected chi connectivity index (χ3v) is 4.16. The second kappa shape index (κ2) is 8.43. The summed E-state index contributed by atoms with van der Waals surface area (Å²) in [6.07, 6.45) is -0.986. The zero-order chi connectivity index (χ0) is 20.1. The van der Waals surface area contributed by atoms with Gasteiger partial charge in [0.05, 0.1) is 0 Å². The molecule has 2 amide bonds. The number of rotatable bonds is 6. The molecule has 146 valence electrons. The van der Waals surface area contributed by atoms with E-state index in [-0.39, 0.29) is 19.2 Å². The predicted octanol–water partition coefficient (Wildman–Crippen LogP) is 1.74. The molecule has 1 aliphatic heterocycles. The van der Waals surface area contributed by atoms with Crippen molar-refractivity contribution in [2.75, 3.05) is 25.3 Å². The molecular formula is C20H20N2O6. The first kappa shape index (κ1) is 19.2. The predicted molar refractivity (Wildman–Crippen MR) is 100 cm³/mol. The van der Waals surface area contributed by atoms with Crippen LogP contribution in [0.5, 0.6) is 11.5 Å². The zero-order valence-electron chi connectivity index (χ0n) is 15.5. The second-order valence-corrected chi connectivity index (χ2v) is 6.12. The van der Waals surface area contributed by atoms with Crippen molar-refractivity contribution in [1.82, 2.24) is 5.32 Å². The molecule has 0 bridgehead atoms. The fraction of sp³-hybridized carbons (Fsp3) is 0.250. The molecule has 0 fully saturated rings. The Hall–Kier alpha value is -3.55. The van der Waals surface area contributed by atoms with E-state index in [0.717, 1.165) is 0 Å². The Balaban J connectivity index is 1.49. The summed E-state index contributed by atoms with van der Waals surface area (Å²) in [5, 5.41) is 2.46. The third-order valence-electron chi connectivity index (χ3n) is 4.16. The molecular weight excluding hydrogens is 364 g/mol. The van der Waals surface area contributed by atoms with Crippen LogP contribution in [0.25, 0.3) is 0 Å². The Morgan fingerprint density at radius 3 is 2.57 bits per heavy atom. The van der Waals surface area contributed by atoms with Crippen molar-refractivity contribution in [2.24, 2.45) is 0 Å². The molecule has 1 N–H and O–H groups in total. The van der Waals surface area contributed by atoms with Gasteiger partial charge < -0.3 is 24.4 Å². The van der Waals surface area contributed by atoms with Crippen molar-refractivity contribution in [3.8, 4) is 11.5 Å². The highest BCUT2D eigenvalue weighted by Crippen LogP contribution is 2.32. The largest absolute Gasteiger partial charge is 0.454 e. The number of nitrogens with one attached hydrogen (secondary N) is 1. The van der Waals surface area contributed by atoms with Crippen LogP contribution in [0.1, 0.15) is 17.3 Å². The SMILES string of the molecule is C[C@H](OC(=O)CNC(=O)c1ccc2c(c1)OCO2)C(=O)N(C)c1ccccc1. The third kappa shape index (κ3) is 4.40. The molecule has 1 aliphatic rings. The lowest BCUT2D eigenvalue weighted by Gasteiger charge is -2.21. The number of ether oxygens (including phenoxy) is 3. The summed E-state index contributed by atoms with van der Waals surface area (Å²) in [5.41, 5.74) is 1.01. The average Bonchev–Trinajstić information content (AvgIpc) is 3.19. The Labute approximate surface area is 162 Å². The summed E-state index contributed by atoms with van der Waals surface area (Å²) >= 11 is 0. The summed E-state index contributed by atoms with van der Waals surface area (Å²) in [6.45, 7) is 1.23. The molecule has 1 atom stereocenters. The van der Waals surface area contributed by atoms with E-state index < -0.39 is 18.0 Å². The van der Waals surface area contributed by atoms with E-state index in [2.05, 4.69) is 5.32 Å². The van der Waals surface area contributed by atoms with Gasteiger partial charge in [0.2, 0.25) is 6.79 Å². The van der Waals surface area contributed by atoms with E-state index in [4.69, 9.17) is 14.2 Å². The molecule has 8 heteroatoms. The molecule has 0 saturated heterocycles. The number of para-hydroxylation sites is 1. The van der Waals surface area contributed by atoms with Gasteiger partial charge in [0.1, 0.15) is 6.54 Å². The van der Waals surface area contributed by atoms with Crippen molar-refractivity contribution < 1.29 is 28.6 Å². The van der Waals surface area contributed by atoms with Gasteiger partial charge in [0, 0.05) is 18.3 Å². The molecule has 0 spiro atoms. The number of hydrogen-bond acceptors (Lipinski definition) is 6. The van der Waals surface area contributed by atoms with Crippen LogP contribution in [0, 0.1) is 0 Å². The molecule has 0 radical (unpaired) electrons. The number of fused-ring (bicyclic) bond motifs is 1. The Bertz CT molecular complexity index is 884. The molecule has 0 aliphatic carbocycles. The highest BCUT2D eigenvalue weighted by atomic mass is 16.7. The van der Waals surface area contributed by atoms with Crippen molar-refractivity contribution in [1.29, 1.82) is 0 Å². The van der Waals surface area contributed by atoms with Gasteiger partial charge >= 0.3 is 5.97 Å². The summed E-state index contributed by atoms with van der Waals surface area (Å²) < 4.78 is 15.5. The van der Waals surface area contributed by atoms with Crippen LogP contribution < -0.4 is 19.7 Å². The smallest absolute Gasteiger partial charge is 0.326 e. The lowest BCUT2D eigenvalue weighted by molar-refractivity contribution is -0.152. The van der Waals surface area contributed by atoms with Gasteiger partial charge in [-0.15, -0.1) is 0 Å². The number of likely N-dealkylation sites (N-methyl/N-ethyl adjacent to an activating group) is 1. The van der Waals surface area contributed by atoms with E-state index in [1.165, 1.54) is 17.9 Å². The summed E-state index contributed by atoms with van der Waals surface area (Å²) in [6, 6.07) is 13.7. The van der Waals surface area contributed by atoms with Gasteiger partial charge in [0.25, 0.3) is 11.8 Å². The first-order valence-electron chi connectivity index (χ1n) is 8.65. The van der Waals surface area contributed by atoms with Crippen molar-refractivity contribution >= 4 is 23.5 Å². The molecule has 28 heavy (non-hydrogen) atoms. The molecule has 2 aromatic rings. The van der Waals surface area contributed by atoms with Gasteiger partial charge in [-0.2, -0.15) is 0 Å². The molecule has 2 aromatic carbocycles. The second-order valence-electron chi connectivity index (χ2n) is 6.12. The highest BCUT2D eigenvalue weighted by molar-refractivity contribution is 5.98. The minimum Gasteiger partial charge on any atom is -0.454 e. The number of esters is 1. The fourth-order valence-electron chi connectivity index (χ4n) is 2.63. The number of benzene rings is 2. The number of carbonyl (C=O) groups excluding carboxylic acids is 3. The number of carbonyl (C=O) groups is 3. The van der Waals surface area contributed by atoms with Crippen LogP contribution in [-0.4, -0.2) is 44.3 Å². The van der Waals surface area contributed by atoms with Crippen LogP contribution in [0.4, 0.5) is 5.69 Å². The lowest BCUT2D eigenvalue weighted by atomic mass is 10.2. The lowest BCUT2D eigenvalue weighted by Crippen LogP contribution is -2.39. The normalized spacial score (nSPS) is 12.8. The van der Waals surface area contributed by atoms with Gasteiger partial charge in [-0.1, -0.05) is 18.2 Å². The average molecular weight is 384 g/mol. The number of anilines is 1. The van der Waals surface area contributed by atoms with Gasteiger partial charge in [0.15, 0.2) is 17.6 Å². The molecule has 0 unspecified atom stereocenters. The number of nitrogens with zero attached hydrogens (tertiary/aromatic N) is 1. The summed E-state index contributed by atoms with van der Waals surface area (Å²) in [4.78, 5) is 37.9. The van der Waals surface area contributed by atoms with Crippen molar-refractivity contribution in [3.05, 3.63) is 54.1 Å². The van der Waals surface area contributed by atoms with Crippen molar-refractivity contribution in [2.45, 2.75) is 13.0 Å². The Kier molecular flexibility index (Phi) is 5.78. The maximum Gasteiger partial charge on any atom is 0.326 e. The highest BCUT2D eigenvalue weighted by Gasteiger charge is 2.23. The quantitative estimate of drug-likeness (QED) is 0.763. The monoisotopic (exact) mass is 384 g/mol. The summed E-state index contributed by atoms with van der Waals surface area (Å²) in [5.74, 6) is -0.516. The minimum absolute atomic E-state index is 0.107. The van der Waals surface area contributed by atoms with E-state index in [0.29, 0.717) is 22.7 Å². The maximum atomic E-state index is 12.4. The van der Waals surface area contributed by atoms with Crippen LogP contribution >= 0.6 is 0 Å². The molecule has 0 saturated carbocycles. The number of amides is 2. The van der Waals surface area contributed by atoms with Crippen LogP contribution in [0.3, 0.4) is 0 Å². The first-order chi connectivity index (χ1) is 13.5. The molecule has 1 heterocycles. The Morgan fingerprint density at radius 1 is 1.11 bits per heavy atom. The first-order valence-corrected chi connectivity index (χ1v) is 8.65. The molecule has 0 aromatic heterocycles. The van der Waals surface area contributed by atoms with E-state index >= 15 is 0 Å². The van der Waals surface area contributed by atoms with Gasteiger partial charge in [-0.3, -0.25) is 14.4 Å². The van der Waals surface area contributed by atoms with Crippen molar-refractivity contribution in [3.63, 3.8) is 0 Å². The number of hydrogen-bond donors (Lipinski definition) is 1. The standard InChI is InChI=1S/C20H20N2O6/c1-13(20(25)22(2)15-6-4-3-5-7-15)28-18(23)11-21-19(24)14-8-9-16-17(10-14)27-12-26-16/h3-10,13H,11-12H2,1-2H3,(H,21,24)/t13-/m0/s1. The van der Waals surface area contributed by atoms with E-state index in [9.17, 15) is 14.4 Å². The molecule has 3 rings (SSSR count). The Morgan fingerprint density at radius 2 is 1.82 bits per heavy atom. The van der Waals surface area contributed by atoms with E-state index in [1.807, 2.05) is 6.07 Å². The fourth-order valence-corrected chi connectivity index (χ4v) is 2.63. The van der Waals surface area contributed by atoms with Crippen LogP contribution in [0.15, 0.2) is 48.5 Å². The van der Waals surface area contributed by atoms with Gasteiger partial charge in [-0.05, 0) is 37.3 Å². The maximum absolute atomic E-state index is 12.4.